The second-order valence-corrected chi connectivity index (χ2v) is 17.5. The topological polar surface area (TPSA) is 210 Å². The summed E-state index contributed by atoms with van der Waals surface area (Å²) in [6, 6.07) is 19.1. The number of nitrogens with zero attached hydrogens (tertiary/aromatic N) is 8. The van der Waals surface area contributed by atoms with Crippen LogP contribution in [0.2, 0.25) is 0 Å². The summed E-state index contributed by atoms with van der Waals surface area (Å²) in [6.07, 6.45) is 8.98. The largest absolute Gasteiger partial charge is 0.496 e. The number of anilines is 4. The minimum Gasteiger partial charge on any atom is -0.496 e. The number of hydrogen-bond acceptors (Lipinski definition) is 11. The molecular weight excluding hydrogens is 809 g/mol. The highest BCUT2D eigenvalue weighted by Gasteiger charge is 2.44. The summed E-state index contributed by atoms with van der Waals surface area (Å²) in [6.45, 7) is 4.48. The van der Waals surface area contributed by atoms with E-state index in [1.54, 1.807) is 28.6 Å². The van der Waals surface area contributed by atoms with Gasteiger partial charge in [0.25, 0.3) is 11.8 Å². The van der Waals surface area contributed by atoms with Crippen molar-refractivity contribution in [2.24, 2.45) is 14.1 Å². The summed E-state index contributed by atoms with van der Waals surface area (Å²) in [7, 11) is 5.32. The van der Waals surface area contributed by atoms with E-state index in [0.717, 1.165) is 76.4 Å². The van der Waals surface area contributed by atoms with Crippen LogP contribution in [0, 0.1) is 0 Å². The summed E-state index contributed by atoms with van der Waals surface area (Å²) >= 11 is 0. The van der Waals surface area contributed by atoms with Crippen molar-refractivity contribution in [2.75, 3.05) is 24.3 Å². The van der Waals surface area contributed by atoms with Gasteiger partial charge in [-0.15, -0.1) is 10.2 Å². The molecule has 2 atom stereocenters. The van der Waals surface area contributed by atoms with E-state index in [2.05, 4.69) is 60.7 Å². The maximum absolute atomic E-state index is 12.8. The number of carbonyl (C=O) groups excluding carboxylic acids is 2. The molecular formula is C47H48N14O3. The number of ether oxygens (including phenoxy) is 1. The van der Waals surface area contributed by atoms with Crippen LogP contribution in [-0.4, -0.2) is 80.9 Å². The van der Waals surface area contributed by atoms with E-state index in [1.165, 1.54) is 11.1 Å². The maximum atomic E-state index is 12.8. The van der Waals surface area contributed by atoms with Gasteiger partial charge in [0.2, 0.25) is 11.9 Å². The summed E-state index contributed by atoms with van der Waals surface area (Å²) in [5.74, 6) is 3.23. The van der Waals surface area contributed by atoms with Crippen molar-refractivity contribution in [2.45, 2.75) is 69.2 Å². The number of aromatic amines is 2. The summed E-state index contributed by atoms with van der Waals surface area (Å²) in [5.41, 5.74) is 9.99. The molecule has 6 N–H and O–H groups in total. The van der Waals surface area contributed by atoms with Gasteiger partial charge < -0.3 is 26.0 Å². The Bertz CT molecular complexity index is 3130. The lowest BCUT2D eigenvalue weighted by Crippen LogP contribution is -2.34. The molecule has 64 heavy (non-hydrogen) atoms. The van der Waals surface area contributed by atoms with Gasteiger partial charge in [0, 0.05) is 65.0 Å². The monoisotopic (exact) mass is 856 g/mol. The Kier molecular flexibility index (Phi) is 9.25. The second kappa shape index (κ2) is 15.1. The molecule has 4 aromatic carbocycles. The predicted molar refractivity (Wildman–Crippen MR) is 243 cm³/mol. The van der Waals surface area contributed by atoms with Gasteiger partial charge in [-0.3, -0.25) is 19.8 Å². The smallest absolute Gasteiger partial charge is 0.251 e. The first kappa shape index (κ1) is 39.3. The van der Waals surface area contributed by atoms with Gasteiger partial charge in [-0.25, -0.2) is 9.36 Å². The van der Waals surface area contributed by atoms with Crippen molar-refractivity contribution >= 4 is 56.9 Å². The van der Waals surface area contributed by atoms with Crippen LogP contribution in [0.15, 0.2) is 73.1 Å². The number of nitrogens with one attached hydrogen (secondary N) is 6. The summed E-state index contributed by atoms with van der Waals surface area (Å²) < 4.78 is 9.19. The Morgan fingerprint density at radius 2 is 1.50 bits per heavy atom. The van der Waals surface area contributed by atoms with Crippen molar-refractivity contribution in [3.63, 3.8) is 0 Å². The first-order chi connectivity index (χ1) is 31.1. The number of amides is 2. The molecule has 8 aromatic rings. The van der Waals surface area contributed by atoms with Crippen molar-refractivity contribution in [3.8, 4) is 28.5 Å². The highest BCUT2D eigenvalue weighted by atomic mass is 16.5. The summed E-state index contributed by atoms with van der Waals surface area (Å²) in [5, 5.41) is 40.5. The van der Waals surface area contributed by atoms with E-state index in [4.69, 9.17) is 24.9 Å². The number of H-pyrrole nitrogens is 2. The zero-order valence-corrected chi connectivity index (χ0v) is 36.2. The van der Waals surface area contributed by atoms with Crippen LogP contribution in [0.3, 0.4) is 0 Å². The van der Waals surface area contributed by atoms with Crippen LogP contribution >= 0.6 is 0 Å². The number of benzene rings is 4. The van der Waals surface area contributed by atoms with E-state index in [1.807, 2.05) is 69.8 Å². The number of carbonyl (C=O) groups is 2. The number of aromatic nitrogens is 10. The fraction of sp³-hybridized carbons (Fsp3) is 0.319. The Balaban J connectivity index is 0.896. The highest BCUT2D eigenvalue weighted by molar-refractivity contribution is 5.97. The van der Waals surface area contributed by atoms with Crippen molar-refractivity contribution in [1.29, 1.82) is 0 Å². The molecule has 4 aromatic heterocycles. The molecule has 3 saturated carbocycles. The van der Waals surface area contributed by atoms with Crippen LogP contribution in [0.5, 0.6) is 5.75 Å². The molecule has 11 rings (SSSR count). The Morgan fingerprint density at radius 1 is 0.797 bits per heavy atom. The number of rotatable bonds is 14. The second-order valence-electron chi connectivity index (χ2n) is 17.5. The first-order valence-corrected chi connectivity index (χ1v) is 21.8. The molecule has 17 nitrogen and oxygen atoms in total. The maximum Gasteiger partial charge on any atom is 0.251 e. The Labute approximate surface area is 367 Å². The molecule has 3 aliphatic carbocycles. The molecule has 0 spiro atoms. The number of methoxy groups -OCH3 is 1. The van der Waals surface area contributed by atoms with Crippen molar-refractivity contribution in [3.05, 3.63) is 101 Å². The van der Waals surface area contributed by atoms with Crippen molar-refractivity contribution < 1.29 is 14.3 Å². The molecule has 17 heteroatoms. The summed E-state index contributed by atoms with van der Waals surface area (Å²) in [4.78, 5) is 35.2. The van der Waals surface area contributed by atoms with Gasteiger partial charge in [0.05, 0.1) is 36.1 Å². The van der Waals surface area contributed by atoms with Gasteiger partial charge in [0.15, 0.2) is 11.6 Å². The lowest BCUT2D eigenvalue weighted by atomic mass is 9.94. The third-order valence-corrected chi connectivity index (χ3v) is 12.9. The van der Waals surface area contributed by atoms with E-state index in [9.17, 15) is 9.59 Å². The van der Waals surface area contributed by atoms with Gasteiger partial charge in [-0.05, 0) is 129 Å². The third-order valence-electron chi connectivity index (χ3n) is 12.9. The Hall–Kier alpha value is -7.56. The minimum atomic E-state index is -0.169. The molecule has 324 valence electrons. The number of hydrogen-bond donors (Lipinski definition) is 6. The van der Waals surface area contributed by atoms with E-state index in [-0.39, 0.29) is 29.2 Å². The van der Waals surface area contributed by atoms with Crippen LogP contribution in [0.25, 0.3) is 44.6 Å². The van der Waals surface area contributed by atoms with Gasteiger partial charge in [-0.1, -0.05) is 12.1 Å². The highest BCUT2D eigenvalue weighted by Crippen LogP contribution is 2.60. The van der Waals surface area contributed by atoms with E-state index in [0.29, 0.717) is 58.4 Å². The fourth-order valence-electron chi connectivity index (χ4n) is 8.95. The zero-order valence-electron chi connectivity index (χ0n) is 36.2. The lowest BCUT2D eigenvalue weighted by Gasteiger charge is -2.16. The van der Waals surface area contributed by atoms with Gasteiger partial charge in [-0.2, -0.15) is 20.2 Å². The van der Waals surface area contributed by atoms with Crippen molar-refractivity contribution in [1.82, 2.24) is 60.6 Å². The van der Waals surface area contributed by atoms with Gasteiger partial charge >= 0.3 is 0 Å². The number of fused-ring (bicyclic) bond motifs is 2. The number of aryl methyl sites for hydroxylation is 2. The molecule has 0 aliphatic heterocycles. The fourth-order valence-corrected chi connectivity index (χ4v) is 8.95. The molecule has 0 bridgehead atoms. The average Bonchev–Trinajstić information content (AvgIpc) is 4.24. The molecule has 2 unspecified atom stereocenters. The quantitative estimate of drug-likeness (QED) is 0.0624. The molecule has 4 heterocycles. The standard InChI is InChI=1S/C47H48N14O3/c1-6-48-43(62)27-13-14-28(37(19-27)64-5)42-54-46(61(4)59-42)52-36-21-31(40-33(23-50-57-40)38(36)24-7-8-24)29-20-30(29)39-32-22-49-56-34(32)15-16-35(39)51-45-53-41(58-60(45)3)25-9-11-26(12-10-25)44(63)55-47(2)17-18-47/h9-16,19,21-24,29-30H,6-8,17-18,20H2,1-5H3,(H,48,62)(H,49,56)(H,50,57)(H,55,63)(H,51,53,58)(H,52,54,59). The minimum absolute atomic E-state index is 0.0668. The van der Waals surface area contributed by atoms with Crippen LogP contribution in [0.4, 0.5) is 23.3 Å². The molecule has 0 radical (unpaired) electrons. The zero-order chi connectivity index (χ0) is 43.9. The molecule has 2 amide bonds. The van der Waals surface area contributed by atoms with E-state index >= 15 is 0 Å². The molecule has 0 saturated heterocycles. The van der Waals surface area contributed by atoms with Crippen LogP contribution in [0.1, 0.15) is 101 Å². The SMILES string of the molecule is CCNC(=O)c1ccc(-c2nc(Nc3cc(C4CC4c4c(Nc5nc(-c6ccc(C(=O)NC7(C)CC7)cc6)nn5C)ccc5[nH]ncc45)c4[nH]ncc4c3C3CC3)n(C)n2)c(OC)c1. The lowest BCUT2D eigenvalue weighted by molar-refractivity contribution is 0.0932. The van der Waals surface area contributed by atoms with Gasteiger partial charge in [0.1, 0.15) is 5.75 Å². The van der Waals surface area contributed by atoms with E-state index < -0.39 is 0 Å². The Morgan fingerprint density at radius 3 is 2.23 bits per heavy atom. The average molecular weight is 857 g/mol. The predicted octanol–water partition coefficient (Wildman–Crippen LogP) is 7.71. The van der Waals surface area contributed by atoms with Crippen LogP contribution < -0.4 is 26.0 Å². The molecule has 3 aliphatic rings. The first-order valence-electron chi connectivity index (χ1n) is 21.8. The molecule has 3 fully saturated rings. The normalized spacial score (nSPS) is 17.4. The third kappa shape index (κ3) is 7.06. The van der Waals surface area contributed by atoms with Crippen LogP contribution in [-0.2, 0) is 14.1 Å².